The van der Waals surface area contributed by atoms with Gasteiger partial charge in [-0.25, -0.2) is 4.39 Å². The van der Waals surface area contributed by atoms with Crippen LogP contribution in [0.3, 0.4) is 0 Å². The van der Waals surface area contributed by atoms with E-state index in [2.05, 4.69) is 15.5 Å². The van der Waals surface area contributed by atoms with Crippen molar-refractivity contribution in [1.29, 1.82) is 0 Å². The highest BCUT2D eigenvalue weighted by Crippen LogP contribution is 2.41. The van der Waals surface area contributed by atoms with Crippen molar-refractivity contribution in [2.75, 3.05) is 26.6 Å². The smallest absolute Gasteiger partial charge is 0.247 e. The maximum atomic E-state index is 13.6. The normalized spacial score (nSPS) is 11.6. The highest BCUT2D eigenvalue weighted by molar-refractivity contribution is 5.63. The maximum Gasteiger partial charge on any atom is 0.247 e. The molecule has 3 aromatic carbocycles. The van der Waals surface area contributed by atoms with Gasteiger partial charge in [0.25, 0.3) is 0 Å². The van der Waals surface area contributed by atoms with Crippen LogP contribution >= 0.6 is 0 Å². The Morgan fingerprint density at radius 3 is 2.09 bits per heavy atom. The van der Waals surface area contributed by atoms with Crippen molar-refractivity contribution in [3.8, 4) is 28.7 Å². The summed E-state index contributed by atoms with van der Waals surface area (Å²) in [6, 6.07) is 18.6. The van der Waals surface area contributed by atoms with E-state index in [9.17, 15) is 4.39 Å². The molecule has 1 atom stereocenters. The first kappa shape index (κ1) is 21.2. The molecule has 0 aliphatic heterocycles. The molecule has 0 amide bonds. The molecule has 4 aromatic rings. The van der Waals surface area contributed by atoms with Gasteiger partial charge in [0, 0.05) is 23.4 Å². The molecule has 1 N–H and O–H groups in total. The number of benzene rings is 3. The molecule has 0 spiro atoms. The van der Waals surface area contributed by atoms with Gasteiger partial charge < -0.3 is 23.9 Å². The van der Waals surface area contributed by atoms with Gasteiger partial charge in [0.15, 0.2) is 11.5 Å². The van der Waals surface area contributed by atoms with E-state index in [1.165, 1.54) is 12.1 Å². The molecule has 0 saturated heterocycles. The summed E-state index contributed by atoms with van der Waals surface area (Å²) in [6.45, 7) is 0. The summed E-state index contributed by atoms with van der Waals surface area (Å²) >= 11 is 0. The largest absolute Gasteiger partial charge is 0.493 e. The van der Waals surface area contributed by atoms with E-state index >= 15 is 0 Å². The van der Waals surface area contributed by atoms with Crippen molar-refractivity contribution in [2.45, 2.75) is 6.04 Å². The molecule has 8 heteroatoms. The number of hydrogen-bond donors (Lipinski definition) is 1. The molecule has 0 aliphatic rings. The summed E-state index contributed by atoms with van der Waals surface area (Å²) < 4.78 is 35.8. The van der Waals surface area contributed by atoms with Gasteiger partial charge in [0.2, 0.25) is 17.5 Å². The molecular formula is C24H22FN3O4. The van der Waals surface area contributed by atoms with Crippen LogP contribution < -0.4 is 19.5 Å². The zero-order chi connectivity index (χ0) is 22.5. The Bertz CT molecular complexity index is 1150. The van der Waals surface area contributed by atoms with E-state index < -0.39 is 6.04 Å². The van der Waals surface area contributed by atoms with Gasteiger partial charge in [0.1, 0.15) is 11.9 Å². The molecular weight excluding hydrogens is 413 g/mol. The molecule has 0 radical (unpaired) electrons. The number of methoxy groups -OCH3 is 3. The van der Waals surface area contributed by atoms with Gasteiger partial charge in [-0.15, -0.1) is 10.2 Å². The van der Waals surface area contributed by atoms with E-state index in [1.54, 1.807) is 45.6 Å². The van der Waals surface area contributed by atoms with Gasteiger partial charge >= 0.3 is 0 Å². The van der Waals surface area contributed by atoms with Crippen LogP contribution in [0.5, 0.6) is 17.2 Å². The minimum absolute atomic E-state index is 0.323. The SMILES string of the molecule is COc1cc(N[C@H](c2ccc(F)cc2)c2nnc(-c3ccccc3)o2)cc(OC)c1OC. The summed E-state index contributed by atoms with van der Waals surface area (Å²) in [5.74, 6) is 1.83. The minimum atomic E-state index is -0.552. The van der Waals surface area contributed by atoms with Crippen LogP contribution in [-0.2, 0) is 0 Å². The number of nitrogens with one attached hydrogen (secondary N) is 1. The predicted molar refractivity (Wildman–Crippen MR) is 118 cm³/mol. The van der Waals surface area contributed by atoms with Crippen molar-refractivity contribution < 1.29 is 23.0 Å². The topological polar surface area (TPSA) is 78.6 Å². The second-order valence-corrected chi connectivity index (χ2v) is 6.85. The fraction of sp³-hybridized carbons (Fsp3) is 0.167. The molecule has 0 aliphatic carbocycles. The van der Waals surface area contributed by atoms with Crippen molar-refractivity contribution >= 4 is 5.69 Å². The molecule has 7 nitrogen and oxygen atoms in total. The molecule has 32 heavy (non-hydrogen) atoms. The Labute approximate surface area is 184 Å². The Hall–Kier alpha value is -4.07. The van der Waals surface area contributed by atoms with E-state index in [0.29, 0.717) is 34.7 Å². The van der Waals surface area contributed by atoms with Crippen LogP contribution in [0.15, 0.2) is 71.1 Å². The van der Waals surface area contributed by atoms with Crippen molar-refractivity contribution in [3.05, 3.63) is 84.0 Å². The number of anilines is 1. The van der Waals surface area contributed by atoms with Gasteiger partial charge in [0.05, 0.1) is 21.3 Å². The highest BCUT2D eigenvalue weighted by Gasteiger charge is 2.23. The first-order valence-corrected chi connectivity index (χ1v) is 9.83. The summed E-state index contributed by atoms with van der Waals surface area (Å²) in [4.78, 5) is 0. The Balaban J connectivity index is 1.75. The number of rotatable bonds is 8. The number of hydrogen-bond acceptors (Lipinski definition) is 7. The Kier molecular flexibility index (Phi) is 6.21. The monoisotopic (exact) mass is 435 g/mol. The van der Waals surface area contributed by atoms with Crippen LogP contribution in [0.2, 0.25) is 0 Å². The third-order valence-corrected chi connectivity index (χ3v) is 4.89. The van der Waals surface area contributed by atoms with Crippen LogP contribution in [0.4, 0.5) is 10.1 Å². The summed E-state index contributed by atoms with van der Waals surface area (Å²) in [5, 5.41) is 11.8. The predicted octanol–water partition coefficient (Wildman–Crippen LogP) is 5.10. The standard InChI is InChI=1S/C24H22FN3O4/c1-29-19-13-18(14-20(30-2)22(19)31-3)26-21(15-9-11-17(25)12-10-15)24-28-27-23(32-24)16-7-5-4-6-8-16/h4-14,21,26H,1-3H3/t21-/m1/s1. The van der Waals surface area contributed by atoms with Crippen molar-refractivity contribution in [2.24, 2.45) is 0 Å². The van der Waals surface area contributed by atoms with E-state index in [1.807, 2.05) is 30.3 Å². The lowest BCUT2D eigenvalue weighted by molar-refractivity contribution is 0.324. The van der Waals surface area contributed by atoms with Crippen molar-refractivity contribution in [3.63, 3.8) is 0 Å². The summed E-state index contributed by atoms with van der Waals surface area (Å²) in [7, 11) is 4.63. The molecule has 1 aromatic heterocycles. The highest BCUT2D eigenvalue weighted by atomic mass is 19.1. The lowest BCUT2D eigenvalue weighted by Gasteiger charge is -2.19. The lowest BCUT2D eigenvalue weighted by Crippen LogP contribution is -2.13. The average Bonchev–Trinajstić information content (AvgIpc) is 3.33. The maximum absolute atomic E-state index is 13.6. The number of aromatic nitrogens is 2. The number of halogens is 1. The van der Waals surface area contributed by atoms with Gasteiger partial charge in [-0.3, -0.25) is 0 Å². The molecule has 0 saturated carbocycles. The zero-order valence-corrected chi connectivity index (χ0v) is 17.8. The first-order valence-electron chi connectivity index (χ1n) is 9.83. The molecule has 4 rings (SSSR count). The second kappa shape index (κ2) is 9.38. The number of nitrogens with zero attached hydrogens (tertiary/aromatic N) is 2. The third kappa shape index (κ3) is 4.34. The van der Waals surface area contributed by atoms with Crippen LogP contribution in [0.25, 0.3) is 11.5 Å². The first-order chi connectivity index (χ1) is 15.6. The average molecular weight is 435 g/mol. The summed E-state index contributed by atoms with van der Waals surface area (Å²) in [5.41, 5.74) is 2.20. The molecule has 1 heterocycles. The van der Waals surface area contributed by atoms with Crippen LogP contribution in [0, 0.1) is 5.82 Å². The van der Waals surface area contributed by atoms with E-state index in [-0.39, 0.29) is 5.82 Å². The Morgan fingerprint density at radius 2 is 1.50 bits per heavy atom. The van der Waals surface area contributed by atoms with Crippen LogP contribution in [-0.4, -0.2) is 31.5 Å². The molecule has 0 bridgehead atoms. The fourth-order valence-electron chi connectivity index (χ4n) is 3.32. The fourth-order valence-corrected chi connectivity index (χ4v) is 3.32. The Morgan fingerprint density at radius 1 is 0.844 bits per heavy atom. The molecule has 164 valence electrons. The van der Waals surface area contributed by atoms with Gasteiger partial charge in [-0.2, -0.15) is 0 Å². The minimum Gasteiger partial charge on any atom is -0.493 e. The number of ether oxygens (including phenoxy) is 3. The van der Waals surface area contributed by atoms with E-state index in [4.69, 9.17) is 18.6 Å². The molecule has 0 unspecified atom stereocenters. The quantitative estimate of drug-likeness (QED) is 0.412. The summed E-state index contributed by atoms with van der Waals surface area (Å²) in [6.07, 6.45) is 0. The van der Waals surface area contributed by atoms with E-state index in [0.717, 1.165) is 11.1 Å². The third-order valence-electron chi connectivity index (χ3n) is 4.89. The lowest BCUT2D eigenvalue weighted by atomic mass is 10.1. The van der Waals surface area contributed by atoms with Crippen molar-refractivity contribution in [1.82, 2.24) is 10.2 Å². The van der Waals surface area contributed by atoms with Gasteiger partial charge in [-0.05, 0) is 29.8 Å². The zero-order valence-electron chi connectivity index (χ0n) is 17.8. The van der Waals surface area contributed by atoms with Gasteiger partial charge in [-0.1, -0.05) is 30.3 Å². The molecule has 0 fully saturated rings. The second-order valence-electron chi connectivity index (χ2n) is 6.85. The van der Waals surface area contributed by atoms with Crippen LogP contribution in [0.1, 0.15) is 17.5 Å².